The van der Waals surface area contributed by atoms with Crippen molar-refractivity contribution in [2.45, 2.75) is 235 Å². The van der Waals surface area contributed by atoms with E-state index in [0.29, 0.717) is 0 Å². The third kappa shape index (κ3) is 45.5. The molecule has 0 aromatic heterocycles. The normalized spacial score (nSPS) is 12.6. The minimum Gasteiger partial charge on any atom is -0.379 e. The van der Waals surface area contributed by atoms with E-state index in [1.54, 1.807) is 0 Å². The molecule has 2 atom stereocenters. The van der Waals surface area contributed by atoms with Crippen LogP contribution < -0.4 is 0 Å². The molecule has 0 aromatic carbocycles. The van der Waals surface area contributed by atoms with Crippen LogP contribution in [0.1, 0.15) is 229 Å². The first-order valence-electron chi connectivity index (χ1n) is 21.2. The van der Waals surface area contributed by atoms with Crippen molar-refractivity contribution in [1.29, 1.82) is 0 Å². The van der Waals surface area contributed by atoms with Gasteiger partial charge >= 0.3 is 0 Å². The van der Waals surface area contributed by atoms with Crippen molar-refractivity contribution in [3.63, 3.8) is 0 Å². The van der Waals surface area contributed by atoms with Crippen LogP contribution in [0.5, 0.6) is 0 Å². The Morgan fingerprint density at radius 1 is 0.457 bits per heavy atom. The third-order valence-corrected chi connectivity index (χ3v) is 8.68. The summed E-state index contributed by atoms with van der Waals surface area (Å²) in [6.45, 7) is 19.8. The molecule has 0 rings (SSSR count). The standard InChI is InChI=1S/C40H78O2.2C2H6/c1-5-8-10-12-13-14-15-16-17-18-19-22-25-28-32-36-41-38-40(7-3)42-37-33-29-26-23-20-21-24-27-31-35-39(4)34-30-11-9-6-2;2*1-2/h15-16,27,31,39-40H,5-14,17-26,28-30,32-38H2,1-4H3;2*1-2H3/b16-15-,31-27-;;/t39-,40?;;/m0../s1. The monoisotopic (exact) mass is 651 g/mol. The highest BCUT2D eigenvalue weighted by molar-refractivity contribution is 4.83. The van der Waals surface area contributed by atoms with Gasteiger partial charge in [-0.3, -0.25) is 0 Å². The van der Waals surface area contributed by atoms with Gasteiger partial charge in [0.2, 0.25) is 0 Å². The fourth-order valence-electron chi connectivity index (χ4n) is 5.58. The summed E-state index contributed by atoms with van der Waals surface area (Å²) in [5, 5.41) is 0. The third-order valence-electron chi connectivity index (χ3n) is 8.68. The van der Waals surface area contributed by atoms with Gasteiger partial charge in [-0.25, -0.2) is 0 Å². The molecule has 278 valence electrons. The first-order chi connectivity index (χ1) is 22.7. The van der Waals surface area contributed by atoms with Crippen molar-refractivity contribution >= 4 is 0 Å². The van der Waals surface area contributed by atoms with Gasteiger partial charge in [-0.05, 0) is 70.1 Å². The summed E-state index contributed by atoms with van der Waals surface area (Å²) in [7, 11) is 0. The zero-order valence-electron chi connectivity index (χ0n) is 33.5. The van der Waals surface area contributed by atoms with Crippen LogP contribution in [0.4, 0.5) is 0 Å². The average Bonchev–Trinajstić information content (AvgIpc) is 3.09. The summed E-state index contributed by atoms with van der Waals surface area (Å²) in [6.07, 6.45) is 46.0. The fourth-order valence-corrected chi connectivity index (χ4v) is 5.58. The van der Waals surface area contributed by atoms with Gasteiger partial charge in [0.15, 0.2) is 0 Å². The number of ether oxygens (including phenoxy) is 2. The minimum atomic E-state index is 0.278. The van der Waals surface area contributed by atoms with E-state index in [1.807, 2.05) is 27.7 Å². The molecule has 1 unspecified atom stereocenters. The molecule has 2 nitrogen and oxygen atoms in total. The number of unbranched alkanes of at least 4 members (excludes halogenated alkanes) is 20. The van der Waals surface area contributed by atoms with Gasteiger partial charge in [0.25, 0.3) is 0 Å². The Hall–Kier alpha value is -0.600. The van der Waals surface area contributed by atoms with Crippen molar-refractivity contribution in [3.05, 3.63) is 24.3 Å². The van der Waals surface area contributed by atoms with Gasteiger partial charge in [0, 0.05) is 13.2 Å². The Balaban J connectivity index is -0.00000443. The highest BCUT2D eigenvalue weighted by Gasteiger charge is 2.06. The molecule has 0 fully saturated rings. The molecule has 46 heavy (non-hydrogen) atoms. The predicted molar refractivity (Wildman–Crippen MR) is 212 cm³/mol. The second kappa shape index (κ2) is 48.8. The maximum atomic E-state index is 6.11. The fraction of sp³-hybridized carbons (Fsp3) is 0.909. The van der Waals surface area contributed by atoms with Crippen LogP contribution in [0.2, 0.25) is 0 Å². The lowest BCUT2D eigenvalue weighted by molar-refractivity contribution is -0.0200. The summed E-state index contributed by atoms with van der Waals surface area (Å²) < 4.78 is 12.1. The molecule has 0 bridgehead atoms. The Morgan fingerprint density at radius 3 is 1.37 bits per heavy atom. The first kappa shape index (κ1) is 49.8. The zero-order chi connectivity index (χ0) is 34.6. The van der Waals surface area contributed by atoms with Crippen molar-refractivity contribution in [1.82, 2.24) is 0 Å². The molecule has 0 spiro atoms. The molecular weight excluding hydrogens is 560 g/mol. The van der Waals surface area contributed by atoms with Gasteiger partial charge in [0.1, 0.15) is 0 Å². The number of rotatable bonds is 35. The zero-order valence-corrected chi connectivity index (χ0v) is 33.5. The van der Waals surface area contributed by atoms with Crippen LogP contribution >= 0.6 is 0 Å². The summed E-state index contributed by atoms with van der Waals surface area (Å²) >= 11 is 0. The van der Waals surface area contributed by atoms with Crippen LogP contribution in [0.25, 0.3) is 0 Å². The SMILES string of the molecule is CC.CC.CCCCCCC/C=C\CCCCCCCCOCC(CC)OCCCCCCCC/C=C\C[C@@H](C)CCCCCC. The van der Waals surface area contributed by atoms with Gasteiger partial charge in [-0.2, -0.15) is 0 Å². The van der Waals surface area contributed by atoms with E-state index in [4.69, 9.17) is 9.47 Å². The summed E-state index contributed by atoms with van der Waals surface area (Å²) in [4.78, 5) is 0. The smallest absolute Gasteiger partial charge is 0.0805 e. The molecule has 0 radical (unpaired) electrons. The van der Waals surface area contributed by atoms with Crippen molar-refractivity contribution in [2.75, 3.05) is 19.8 Å². The minimum absolute atomic E-state index is 0.278. The lowest BCUT2D eigenvalue weighted by Crippen LogP contribution is -2.20. The highest BCUT2D eigenvalue weighted by atomic mass is 16.5. The molecular formula is C44H90O2. The van der Waals surface area contributed by atoms with Gasteiger partial charge in [-0.15, -0.1) is 0 Å². The Morgan fingerprint density at radius 2 is 0.870 bits per heavy atom. The topological polar surface area (TPSA) is 18.5 Å². The van der Waals surface area contributed by atoms with Crippen molar-refractivity contribution in [2.24, 2.45) is 5.92 Å². The molecule has 0 aromatic rings. The van der Waals surface area contributed by atoms with Gasteiger partial charge in [-0.1, -0.05) is 189 Å². The molecule has 0 aliphatic heterocycles. The van der Waals surface area contributed by atoms with Gasteiger partial charge in [0.05, 0.1) is 12.7 Å². The summed E-state index contributed by atoms with van der Waals surface area (Å²) in [6, 6.07) is 0. The number of hydrogen-bond donors (Lipinski definition) is 0. The van der Waals surface area contributed by atoms with Crippen LogP contribution in [0.3, 0.4) is 0 Å². The number of hydrogen-bond acceptors (Lipinski definition) is 2. The van der Waals surface area contributed by atoms with E-state index in [0.717, 1.165) is 32.2 Å². The van der Waals surface area contributed by atoms with Crippen LogP contribution in [-0.2, 0) is 9.47 Å². The van der Waals surface area contributed by atoms with E-state index in [1.165, 1.54) is 167 Å². The van der Waals surface area contributed by atoms with Crippen LogP contribution in [-0.4, -0.2) is 25.9 Å². The molecule has 2 heteroatoms. The quantitative estimate of drug-likeness (QED) is 0.0502. The maximum Gasteiger partial charge on any atom is 0.0805 e. The van der Waals surface area contributed by atoms with E-state index < -0.39 is 0 Å². The van der Waals surface area contributed by atoms with Crippen molar-refractivity contribution < 1.29 is 9.47 Å². The number of allylic oxidation sites excluding steroid dienone is 4. The summed E-state index contributed by atoms with van der Waals surface area (Å²) in [5.74, 6) is 0.858. The van der Waals surface area contributed by atoms with E-state index in [-0.39, 0.29) is 6.10 Å². The second-order valence-corrected chi connectivity index (χ2v) is 13.1. The van der Waals surface area contributed by atoms with E-state index in [9.17, 15) is 0 Å². The predicted octanol–water partition coefficient (Wildman–Crippen LogP) is 15.8. The van der Waals surface area contributed by atoms with E-state index in [2.05, 4.69) is 52.0 Å². The Labute approximate surface area is 293 Å². The summed E-state index contributed by atoms with van der Waals surface area (Å²) in [5.41, 5.74) is 0. The molecule has 0 amide bonds. The van der Waals surface area contributed by atoms with Crippen LogP contribution in [0.15, 0.2) is 24.3 Å². The lowest BCUT2D eigenvalue weighted by Gasteiger charge is -2.16. The van der Waals surface area contributed by atoms with E-state index >= 15 is 0 Å². The largest absolute Gasteiger partial charge is 0.379 e. The molecule has 0 aliphatic carbocycles. The van der Waals surface area contributed by atoms with Crippen LogP contribution in [0, 0.1) is 5.92 Å². The Bertz CT molecular complexity index is 540. The Kier molecular flexibility index (Phi) is 52.8. The molecule has 0 saturated heterocycles. The molecule has 0 heterocycles. The molecule has 0 saturated carbocycles. The second-order valence-electron chi connectivity index (χ2n) is 13.1. The average molecular weight is 651 g/mol. The van der Waals surface area contributed by atoms with Gasteiger partial charge < -0.3 is 9.47 Å². The first-order valence-corrected chi connectivity index (χ1v) is 21.2. The molecule has 0 aliphatic rings. The van der Waals surface area contributed by atoms with Crippen molar-refractivity contribution in [3.8, 4) is 0 Å². The highest BCUT2D eigenvalue weighted by Crippen LogP contribution is 2.15. The maximum absolute atomic E-state index is 6.11. The molecule has 0 N–H and O–H groups in total. The lowest BCUT2D eigenvalue weighted by atomic mass is 9.99.